The van der Waals surface area contributed by atoms with E-state index in [9.17, 15) is 9.59 Å². The second-order valence-electron chi connectivity index (χ2n) is 6.50. The number of thioether (sulfide) groups is 1. The average molecular weight is 372 g/mol. The highest BCUT2D eigenvalue weighted by Gasteiger charge is 2.61. The van der Waals surface area contributed by atoms with Crippen molar-refractivity contribution in [3.05, 3.63) is 17.6 Å². The van der Waals surface area contributed by atoms with E-state index in [0.29, 0.717) is 4.91 Å². The fourth-order valence-electron chi connectivity index (χ4n) is 2.82. The van der Waals surface area contributed by atoms with Crippen LogP contribution in [0.5, 0.6) is 0 Å². The van der Waals surface area contributed by atoms with Crippen molar-refractivity contribution in [1.82, 2.24) is 4.90 Å². The number of thiocarbonyl (C=S) groups is 1. The number of carbonyl (C=O) groups is 2. The first kappa shape index (κ1) is 18.4. The van der Waals surface area contributed by atoms with Gasteiger partial charge in [0.25, 0.3) is 0 Å². The van der Waals surface area contributed by atoms with Crippen LogP contribution in [0.2, 0.25) is 19.6 Å². The van der Waals surface area contributed by atoms with Gasteiger partial charge < -0.3 is 14.1 Å². The molecule has 5 nitrogen and oxygen atoms in total. The number of β-lactam (4-membered cyclic amide) rings is 1. The molecule has 2 heterocycles. The summed E-state index contributed by atoms with van der Waals surface area (Å²) in [5.41, 5.74) is 0. The molecule has 3 unspecified atom stereocenters. The Kier molecular flexibility index (Phi) is 5.53. The first-order valence-electron chi connectivity index (χ1n) is 7.40. The van der Waals surface area contributed by atoms with E-state index in [1.54, 1.807) is 4.90 Å². The number of hydrogen-bond donors (Lipinski definition) is 0. The van der Waals surface area contributed by atoms with Crippen molar-refractivity contribution in [1.29, 1.82) is 0 Å². The molecule has 2 saturated heterocycles. The molecule has 0 aromatic carbocycles. The molecule has 2 rings (SSSR count). The predicted octanol–water partition coefficient (Wildman–Crippen LogP) is 2.34. The lowest BCUT2D eigenvalue weighted by Crippen LogP contribution is -2.65. The zero-order chi connectivity index (χ0) is 17.4. The molecule has 0 spiro atoms. The van der Waals surface area contributed by atoms with Gasteiger partial charge >= 0.3 is 5.97 Å². The Morgan fingerprint density at radius 1 is 1.57 bits per heavy atom. The van der Waals surface area contributed by atoms with Crippen molar-refractivity contribution in [3.63, 3.8) is 0 Å². The molecule has 1 amide bonds. The van der Waals surface area contributed by atoms with Gasteiger partial charge in [0.1, 0.15) is 6.61 Å². The van der Waals surface area contributed by atoms with Gasteiger partial charge in [0.15, 0.2) is 14.4 Å². The zero-order valence-electron chi connectivity index (χ0n) is 13.7. The third-order valence-corrected chi connectivity index (χ3v) is 6.38. The van der Waals surface area contributed by atoms with E-state index in [0.717, 1.165) is 0 Å². The molecule has 0 radical (unpaired) electrons. The van der Waals surface area contributed by atoms with Gasteiger partial charge in [-0.05, 0) is 43.8 Å². The first-order valence-corrected chi connectivity index (χ1v) is 12.1. The number of amides is 1. The SMILES string of the molecule is C=CCOC(=O)C1C(=C=S)S[C@H]2C(C(C)O[Si](C)(C)C)C(=O)N12. The Labute approximate surface area is 147 Å². The van der Waals surface area contributed by atoms with Crippen LogP contribution in [-0.4, -0.2) is 54.2 Å². The molecule has 0 aromatic rings. The molecule has 2 aliphatic heterocycles. The van der Waals surface area contributed by atoms with E-state index < -0.39 is 20.3 Å². The molecule has 2 aliphatic rings. The lowest BCUT2D eigenvalue weighted by molar-refractivity contribution is -0.166. The summed E-state index contributed by atoms with van der Waals surface area (Å²) < 4.78 is 11.1. The first-order chi connectivity index (χ1) is 10.7. The van der Waals surface area contributed by atoms with Crippen LogP contribution in [0.25, 0.3) is 0 Å². The van der Waals surface area contributed by atoms with Crippen LogP contribution in [0.3, 0.4) is 0 Å². The molecule has 4 atom stereocenters. The summed E-state index contributed by atoms with van der Waals surface area (Å²) in [6, 6.07) is -0.773. The van der Waals surface area contributed by atoms with E-state index in [2.05, 4.69) is 31.2 Å². The van der Waals surface area contributed by atoms with Crippen molar-refractivity contribution < 1.29 is 18.8 Å². The predicted molar refractivity (Wildman–Crippen MR) is 96.7 cm³/mol. The summed E-state index contributed by atoms with van der Waals surface area (Å²) in [5.74, 6) is -0.839. The fourth-order valence-corrected chi connectivity index (χ4v) is 5.81. The normalized spacial score (nSPS) is 27.8. The van der Waals surface area contributed by atoms with Gasteiger partial charge in [0.2, 0.25) is 5.91 Å². The van der Waals surface area contributed by atoms with Gasteiger partial charge in [-0.25, -0.2) is 4.79 Å². The van der Waals surface area contributed by atoms with Crippen LogP contribution in [0.4, 0.5) is 0 Å². The van der Waals surface area contributed by atoms with Gasteiger partial charge in [-0.15, -0.1) is 0 Å². The van der Waals surface area contributed by atoms with Crippen LogP contribution in [0.1, 0.15) is 6.92 Å². The molecule has 0 aromatic heterocycles. The minimum Gasteiger partial charge on any atom is -0.460 e. The molecule has 8 heteroatoms. The van der Waals surface area contributed by atoms with Crippen LogP contribution in [0.15, 0.2) is 17.6 Å². The van der Waals surface area contributed by atoms with Crippen LogP contribution >= 0.6 is 24.0 Å². The summed E-state index contributed by atoms with van der Waals surface area (Å²) in [4.78, 5) is 26.9. The van der Waals surface area contributed by atoms with Gasteiger partial charge in [-0.3, -0.25) is 4.79 Å². The van der Waals surface area contributed by atoms with Crippen molar-refractivity contribution >= 4 is 49.2 Å². The van der Waals surface area contributed by atoms with Crippen LogP contribution < -0.4 is 0 Å². The molecule has 126 valence electrons. The maximum Gasteiger partial charge on any atom is 0.335 e. The minimum atomic E-state index is -1.75. The molecule has 0 bridgehead atoms. The van der Waals surface area contributed by atoms with Crippen molar-refractivity contribution in [2.45, 2.75) is 44.1 Å². The highest BCUT2D eigenvalue weighted by Crippen LogP contribution is 2.50. The summed E-state index contributed by atoms with van der Waals surface area (Å²) in [6.07, 6.45) is 1.31. The Morgan fingerprint density at radius 2 is 2.22 bits per heavy atom. The van der Waals surface area contributed by atoms with Crippen molar-refractivity contribution in [3.8, 4) is 0 Å². The summed E-state index contributed by atoms with van der Waals surface area (Å²) in [7, 11) is -1.75. The number of nitrogens with zero attached hydrogens (tertiary/aromatic N) is 1. The summed E-state index contributed by atoms with van der Waals surface area (Å²) in [6.45, 7) is 11.8. The number of fused-ring (bicyclic) bond motifs is 1. The summed E-state index contributed by atoms with van der Waals surface area (Å²) >= 11 is 6.30. The molecular formula is C15H21NO4S2Si. The standard InChI is InChI=1S/C15H21NO4S2Si/c1-6-7-19-15(18)12-10(8-21)22-14-11(13(17)16(12)14)9(2)20-23(3,4)5/h6,9,11-12,14H,1,7H2,2-5H3/t9?,11?,12?,14-/m0/s1. The Morgan fingerprint density at radius 3 is 2.74 bits per heavy atom. The zero-order valence-corrected chi connectivity index (χ0v) is 16.3. The third-order valence-electron chi connectivity index (χ3n) is 3.61. The van der Waals surface area contributed by atoms with Crippen molar-refractivity contribution in [2.75, 3.05) is 6.61 Å². The highest BCUT2D eigenvalue weighted by atomic mass is 32.2. The van der Waals surface area contributed by atoms with Gasteiger partial charge in [-0.2, -0.15) is 0 Å². The van der Waals surface area contributed by atoms with Crippen LogP contribution in [0, 0.1) is 5.92 Å². The number of rotatable bonds is 6. The van der Waals surface area contributed by atoms with Crippen LogP contribution in [-0.2, 0) is 18.8 Å². The molecular weight excluding hydrogens is 350 g/mol. The van der Waals surface area contributed by atoms with E-state index >= 15 is 0 Å². The Hall–Kier alpha value is -0.923. The number of esters is 1. The lowest BCUT2D eigenvalue weighted by Gasteiger charge is -2.46. The highest BCUT2D eigenvalue weighted by molar-refractivity contribution is 8.05. The second-order valence-corrected chi connectivity index (χ2v) is 12.3. The monoisotopic (exact) mass is 371 g/mol. The smallest absolute Gasteiger partial charge is 0.335 e. The molecule has 23 heavy (non-hydrogen) atoms. The van der Waals surface area contributed by atoms with Gasteiger partial charge in [-0.1, -0.05) is 24.4 Å². The maximum absolute atomic E-state index is 12.6. The topological polar surface area (TPSA) is 55.8 Å². The minimum absolute atomic E-state index is 0.0888. The fraction of sp³-hybridized carbons (Fsp3) is 0.600. The maximum atomic E-state index is 12.6. The van der Waals surface area contributed by atoms with Crippen molar-refractivity contribution in [2.24, 2.45) is 5.92 Å². The lowest BCUT2D eigenvalue weighted by atomic mass is 9.91. The average Bonchev–Trinajstić information content (AvgIpc) is 2.77. The molecule has 0 N–H and O–H groups in total. The number of carbonyl (C=O) groups excluding carboxylic acids is 2. The Bertz CT molecular complexity index is 583. The molecule has 2 fully saturated rings. The quantitative estimate of drug-likeness (QED) is 0.235. The molecule has 0 aliphatic carbocycles. The van der Waals surface area contributed by atoms with E-state index in [-0.39, 0.29) is 29.9 Å². The number of hydrogen-bond acceptors (Lipinski definition) is 6. The second kappa shape index (κ2) is 6.90. The third kappa shape index (κ3) is 3.61. The Balaban J connectivity index is 2.15. The number of ether oxygens (including phenoxy) is 1. The van der Waals surface area contributed by atoms with Gasteiger partial charge in [0, 0.05) is 0 Å². The summed E-state index contributed by atoms with van der Waals surface area (Å²) in [5, 5.41) is 2.47. The van der Waals surface area contributed by atoms with E-state index in [1.165, 1.54) is 17.8 Å². The van der Waals surface area contributed by atoms with Gasteiger partial charge in [0.05, 0.1) is 22.3 Å². The largest absolute Gasteiger partial charge is 0.460 e. The van der Waals surface area contributed by atoms with E-state index in [1.807, 2.05) is 6.92 Å². The molecule has 0 saturated carbocycles. The van der Waals surface area contributed by atoms with E-state index in [4.69, 9.17) is 21.4 Å².